The smallest absolute Gasteiger partial charge is 0.350 e. The lowest BCUT2D eigenvalue weighted by molar-refractivity contribution is -0.119. The zero-order valence-corrected chi connectivity index (χ0v) is 16.3. The largest absolute Gasteiger partial charge is 0.451 e. The van der Waals surface area contributed by atoms with E-state index >= 15 is 0 Å². The van der Waals surface area contributed by atoms with E-state index in [2.05, 4.69) is 5.32 Å². The molecule has 0 unspecified atom stereocenters. The van der Waals surface area contributed by atoms with Gasteiger partial charge in [-0.15, -0.1) is 11.3 Å². The predicted octanol–water partition coefficient (Wildman–Crippen LogP) is 5.00. The molecule has 2 heterocycles. The Morgan fingerprint density at radius 3 is 2.41 bits per heavy atom. The van der Waals surface area contributed by atoms with Crippen molar-refractivity contribution in [3.8, 4) is 16.8 Å². The van der Waals surface area contributed by atoms with Gasteiger partial charge in [-0.25, -0.2) is 4.79 Å². The number of nitrogens with one attached hydrogen (secondary N) is 1. The molecule has 0 aliphatic heterocycles. The number of carbonyl (C=O) groups excluding carboxylic acids is 2. The molecule has 1 N–H and O–H groups in total. The number of rotatable bonds is 6. The summed E-state index contributed by atoms with van der Waals surface area (Å²) < 4.78 is 7.09. The second-order valence-electron chi connectivity index (χ2n) is 6.26. The van der Waals surface area contributed by atoms with Crippen LogP contribution in [0.5, 0.6) is 0 Å². The summed E-state index contributed by atoms with van der Waals surface area (Å²) in [6, 6.07) is 22.9. The lowest BCUT2D eigenvalue weighted by Crippen LogP contribution is -2.21. The summed E-state index contributed by atoms with van der Waals surface area (Å²) in [6.45, 7) is -0.356. The molecule has 0 spiro atoms. The summed E-state index contributed by atoms with van der Waals surface area (Å²) in [7, 11) is 0. The first-order chi connectivity index (χ1) is 14.2. The molecule has 144 valence electrons. The number of benzene rings is 2. The fourth-order valence-electron chi connectivity index (χ4n) is 3.00. The standard InChI is InChI=1S/C23H18N2O3S/c26-21(24-19-11-5-4-10-18(19)17-8-2-1-3-9-17)16-28-23(27)22-20(12-15-29-22)25-13-6-7-14-25/h1-15H,16H2,(H,24,26). The summed E-state index contributed by atoms with van der Waals surface area (Å²) in [5, 5.41) is 4.66. The van der Waals surface area contributed by atoms with Crippen LogP contribution in [0.4, 0.5) is 5.69 Å². The Labute approximate surface area is 172 Å². The number of nitrogens with zero attached hydrogens (tertiary/aromatic N) is 1. The van der Waals surface area contributed by atoms with Crippen molar-refractivity contribution in [3.63, 3.8) is 0 Å². The van der Waals surface area contributed by atoms with E-state index in [9.17, 15) is 9.59 Å². The quantitative estimate of drug-likeness (QED) is 0.462. The number of esters is 1. The summed E-state index contributed by atoms with van der Waals surface area (Å²) in [5.74, 6) is -0.906. The Hall–Kier alpha value is -3.64. The van der Waals surface area contributed by atoms with E-state index in [1.165, 1.54) is 11.3 Å². The molecule has 2 aromatic heterocycles. The Kier molecular flexibility index (Phi) is 5.54. The number of hydrogen-bond acceptors (Lipinski definition) is 4. The van der Waals surface area contributed by atoms with Gasteiger partial charge in [0.1, 0.15) is 4.88 Å². The van der Waals surface area contributed by atoms with Crippen LogP contribution in [0.3, 0.4) is 0 Å². The second-order valence-corrected chi connectivity index (χ2v) is 7.18. The van der Waals surface area contributed by atoms with Gasteiger partial charge >= 0.3 is 5.97 Å². The maximum Gasteiger partial charge on any atom is 0.350 e. The molecule has 4 aromatic rings. The van der Waals surface area contributed by atoms with Crippen LogP contribution >= 0.6 is 11.3 Å². The summed E-state index contributed by atoms with van der Waals surface area (Å²) in [5.41, 5.74) is 3.31. The Morgan fingerprint density at radius 1 is 0.897 bits per heavy atom. The molecule has 29 heavy (non-hydrogen) atoms. The van der Waals surface area contributed by atoms with Gasteiger partial charge in [0.05, 0.1) is 5.69 Å². The van der Waals surface area contributed by atoms with Crippen LogP contribution in [-0.2, 0) is 9.53 Å². The van der Waals surface area contributed by atoms with E-state index in [-0.39, 0.29) is 12.5 Å². The molecular weight excluding hydrogens is 384 g/mol. The molecular formula is C23H18N2O3S. The molecule has 1 amide bonds. The Morgan fingerprint density at radius 2 is 1.62 bits per heavy atom. The van der Waals surface area contributed by atoms with Crippen molar-refractivity contribution in [3.05, 3.63) is 95.4 Å². The van der Waals surface area contributed by atoms with Crippen molar-refractivity contribution >= 4 is 28.9 Å². The van der Waals surface area contributed by atoms with Gasteiger partial charge < -0.3 is 14.6 Å². The second kappa shape index (κ2) is 8.58. The minimum atomic E-state index is -0.518. The molecule has 0 aliphatic rings. The molecule has 0 saturated heterocycles. The van der Waals surface area contributed by atoms with Crippen LogP contribution in [0.15, 0.2) is 90.6 Å². The number of aromatic nitrogens is 1. The highest BCUT2D eigenvalue weighted by Crippen LogP contribution is 2.27. The number of carbonyl (C=O) groups is 2. The van der Waals surface area contributed by atoms with Gasteiger partial charge in [-0.05, 0) is 35.2 Å². The summed E-state index contributed by atoms with van der Waals surface area (Å²) >= 11 is 1.28. The van der Waals surface area contributed by atoms with Crippen molar-refractivity contribution in [2.45, 2.75) is 0 Å². The Balaban J connectivity index is 1.42. The normalized spacial score (nSPS) is 10.5. The van der Waals surface area contributed by atoms with Crippen LogP contribution in [0.25, 0.3) is 16.8 Å². The van der Waals surface area contributed by atoms with Crippen molar-refractivity contribution in [2.24, 2.45) is 0 Å². The number of thiophene rings is 1. The first-order valence-corrected chi connectivity index (χ1v) is 9.92. The van der Waals surface area contributed by atoms with E-state index in [1.54, 1.807) is 0 Å². The van der Waals surface area contributed by atoms with Crippen molar-refractivity contribution in [1.82, 2.24) is 4.57 Å². The van der Waals surface area contributed by atoms with Crippen molar-refractivity contribution < 1.29 is 14.3 Å². The van der Waals surface area contributed by atoms with E-state index < -0.39 is 5.97 Å². The average Bonchev–Trinajstić information content (AvgIpc) is 3.44. The third-order valence-electron chi connectivity index (χ3n) is 4.33. The summed E-state index contributed by atoms with van der Waals surface area (Å²) in [4.78, 5) is 25.3. The van der Waals surface area contributed by atoms with Crippen LogP contribution in [0.1, 0.15) is 9.67 Å². The minimum Gasteiger partial charge on any atom is -0.451 e. The number of hydrogen-bond donors (Lipinski definition) is 1. The molecule has 0 atom stereocenters. The highest BCUT2D eigenvalue weighted by molar-refractivity contribution is 7.12. The third kappa shape index (κ3) is 4.28. The topological polar surface area (TPSA) is 60.3 Å². The first-order valence-electron chi connectivity index (χ1n) is 9.04. The van der Waals surface area contributed by atoms with E-state index in [1.807, 2.05) is 95.1 Å². The number of para-hydroxylation sites is 1. The van der Waals surface area contributed by atoms with Crippen molar-refractivity contribution in [2.75, 3.05) is 11.9 Å². The maximum absolute atomic E-state index is 12.5. The highest BCUT2D eigenvalue weighted by Gasteiger charge is 2.17. The van der Waals surface area contributed by atoms with Gasteiger partial charge in [0.2, 0.25) is 0 Å². The molecule has 5 nitrogen and oxygen atoms in total. The molecule has 4 rings (SSSR count). The van der Waals surface area contributed by atoms with E-state index in [0.717, 1.165) is 16.8 Å². The first kappa shape index (κ1) is 18.7. The molecule has 0 aliphatic carbocycles. The molecule has 0 radical (unpaired) electrons. The van der Waals surface area contributed by atoms with E-state index in [4.69, 9.17) is 4.74 Å². The Bertz CT molecular complexity index is 1120. The summed E-state index contributed by atoms with van der Waals surface area (Å²) in [6.07, 6.45) is 3.71. The predicted molar refractivity (Wildman–Crippen MR) is 114 cm³/mol. The zero-order chi connectivity index (χ0) is 20.1. The molecule has 2 aromatic carbocycles. The maximum atomic E-state index is 12.5. The van der Waals surface area contributed by atoms with Crippen LogP contribution in [-0.4, -0.2) is 23.1 Å². The fraction of sp³-hybridized carbons (Fsp3) is 0.0435. The van der Waals surface area contributed by atoms with Gasteiger partial charge in [0, 0.05) is 23.6 Å². The van der Waals surface area contributed by atoms with Gasteiger partial charge in [-0.3, -0.25) is 4.79 Å². The lowest BCUT2D eigenvalue weighted by atomic mass is 10.0. The number of ether oxygens (including phenoxy) is 1. The monoisotopic (exact) mass is 402 g/mol. The van der Waals surface area contributed by atoms with Gasteiger partial charge in [0.25, 0.3) is 5.91 Å². The zero-order valence-electron chi connectivity index (χ0n) is 15.4. The molecule has 6 heteroatoms. The highest BCUT2D eigenvalue weighted by atomic mass is 32.1. The molecule has 0 bridgehead atoms. The van der Waals surface area contributed by atoms with Crippen LogP contribution in [0.2, 0.25) is 0 Å². The van der Waals surface area contributed by atoms with Crippen molar-refractivity contribution in [1.29, 1.82) is 0 Å². The molecule has 0 saturated carbocycles. The minimum absolute atomic E-state index is 0.356. The fourth-order valence-corrected chi connectivity index (χ4v) is 3.78. The third-order valence-corrected chi connectivity index (χ3v) is 5.22. The SMILES string of the molecule is O=C(COC(=O)c1sccc1-n1cccc1)Nc1ccccc1-c1ccccc1. The molecule has 0 fully saturated rings. The average molecular weight is 402 g/mol. The van der Waals surface area contributed by atoms with E-state index in [0.29, 0.717) is 10.6 Å². The van der Waals surface area contributed by atoms with Crippen LogP contribution in [0, 0.1) is 0 Å². The van der Waals surface area contributed by atoms with Gasteiger partial charge in [0.15, 0.2) is 6.61 Å². The van der Waals surface area contributed by atoms with Gasteiger partial charge in [-0.1, -0.05) is 48.5 Å². The number of amides is 1. The van der Waals surface area contributed by atoms with Gasteiger partial charge in [-0.2, -0.15) is 0 Å². The number of anilines is 1. The lowest BCUT2D eigenvalue weighted by Gasteiger charge is -2.11. The van der Waals surface area contributed by atoms with Crippen LogP contribution < -0.4 is 5.32 Å².